The van der Waals surface area contributed by atoms with Crippen LogP contribution in [0.1, 0.15) is 31.2 Å². The molecule has 0 bridgehead atoms. The maximum Gasteiger partial charge on any atom is 0.242 e. The molecule has 2 aliphatic rings. The molecular formula is C24H31ClN2O4S. The second kappa shape index (κ2) is 10.00. The first-order valence-electron chi connectivity index (χ1n) is 11.1. The molecule has 4 rings (SSSR count). The molecule has 1 saturated heterocycles. The van der Waals surface area contributed by atoms with Crippen LogP contribution in [-0.2, 0) is 16.6 Å². The Bertz CT molecular complexity index is 1020. The number of sulfonamides is 1. The molecule has 0 atom stereocenters. The highest BCUT2D eigenvalue weighted by Crippen LogP contribution is 2.37. The van der Waals surface area contributed by atoms with Gasteiger partial charge in [-0.2, -0.15) is 0 Å². The fourth-order valence-electron chi connectivity index (χ4n) is 4.44. The van der Waals surface area contributed by atoms with Crippen molar-refractivity contribution in [3.8, 4) is 11.5 Å². The van der Waals surface area contributed by atoms with E-state index in [9.17, 15) is 8.42 Å². The zero-order valence-corrected chi connectivity index (χ0v) is 20.2. The van der Waals surface area contributed by atoms with Gasteiger partial charge in [-0.25, -0.2) is 12.7 Å². The Morgan fingerprint density at radius 1 is 1.09 bits per heavy atom. The first-order valence-corrected chi connectivity index (χ1v) is 13.0. The van der Waals surface area contributed by atoms with Crippen LogP contribution in [0, 0.1) is 5.92 Å². The molecule has 0 spiro atoms. The quantitative estimate of drug-likeness (QED) is 0.534. The normalized spacial score (nSPS) is 21.5. The van der Waals surface area contributed by atoms with Crippen molar-refractivity contribution in [2.75, 3.05) is 33.8 Å². The molecule has 2 fully saturated rings. The highest BCUT2D eigenvalue weighted by atomic mass is 35.5. The molecule has 8 heteroatoms. The van der Waals surface area contributed by atoms with Crippen molar-refractivity contribution in [3.63, 3.8) is 0 Å². The van der Waals surface area contributed by atoms with E-state index >= 15 is 0 Å². The molecular weight excluding hydrogens is 448 g/mol. The minimum Gasteiger partial charge on any atom is -0.497 e. The van der Waals surface area contributed by atoms with E-state index in [2.05, 4.69) is 11.0 Å². The Hall–Kier alpha value is -1.80. The minimum absolute atomic E-state index is 0.0663. The average Bonchev–Trinajstić information content (AvgIpc) is 3.27. The summed E-state index contributed by atoms with van der Waals surface area (Å²) in [6, 6.07) is 12.5. The van der Waals surface area contributed by atoms with Crippen molar-refractivity contribution in [1.82, 2.24) is 9.21 Å². The van der Waals surface area contributed by atoms with Crippen LogP contribution in [0.25, 0.3) is 0 Å². The van der Waals surface area contributed by atoms with Crippen LogP contribution in [0.15, 0.2) is 47.4 Å². The number of rotatable bonds is 9. The predicted octanol–water partition coefficient (Wildman–Crippen LogP) is 4.42. The van der Waals surface area contributed by atoms with Crippen molar-refractivity contribution in [2.45, 2.75) is 43.2 Å². The van der Waals surface area contributed by atoms with E-state index < -0.39 is 10.0 Å². The van der Waals surface area contributed by atoms with E-state index in [1.807, 2.05) is 12.1 Å². The SMILES string of the molecule is COc1ccc(S(=O)(=O)N(C)CC2CC(Oc3cccc(CN4CCCC4)c3Cl)C2)cc1. The summed E-state index contributed by atoms with van der Waals surface area (Å²) in [7, 11) is -0.336. The summed E-state index contributed by atoms with van der Waals surface area (Å²) in [4.78, 5) is 2.69. The molecule has 0 aromatic heterocycles. The Labute approximate surface area is 196 Å². The van der Waals surface area contributed by atoms with E-state index in [0.29, 0.717) is 17.3 Å². The van der Waals surface area contributed by atoms with Crippen molar-refractivity contribution in [3.05, 3.63) is 53.1 Å². The van der Waals surface area contributed by atoms with Crippen LogP contribution in [0.4, 0.5) is 0 Å². The lowest BCUT2D eigenvalue weighted by molar-refractivity contribution is 0.0575. The van der Waals surface area contributed by atoms with Crippen molar-refractivity contribution < 1.29 is 17.9 Å². The number of ether oxygens (including phenoxy) is 2. The fourth-order valence-corrected chi connectivity index (χ4v) is 5.92. The van der Waals surface area contributed by atoms with Crippen molar-refractivity contribution in [1.29, 1.82) is 0 Å². The summed E-state index contributed by atoms with van der Waals surface area (Å²) in [5.41, 5.74) is 1.10. The van der Waals surface area contributed by atoms with Crippen LogP contribution in [0.5, 0.6) is 11.5 Å². The van der Waals surface area contributed by atoms with Gasteiger partial charge in [0, 0.05) is 20.1 Å². The van der Waals surface area contributed by atoms with E-state index in [1.54, 1.807) is 38.4 Å². The number of hydrogen-bond acceptors (Lipinski definition) is 5. The zero-order valence-electron chi connectivity index (χ0n) is 18.7. The molecule has 0 N–H and O–H groups in total. The Kier molecular flexibility index (Phi) is 7.30. The molecule has 1 aliphatic heterocycles. The molecule has 1 saturated carbocycles. The first kappa shape index (κ1) is 23.4. The minimum atomic E-state index is -3.52. The third-order valence-corrected chi connectivity index (χ3v) is 8.67. The fraction of sp³-hybridized carbons (Fsp3) is 0.500. The summed E-state index contributed by atoms with van der Waals surface area (Å²) in [5, 5.41) is 0.696. The third kappa shape index (κ3) is 5.22. The van der Waals surface area contributed by atoms with Gasteiger partial charge in [0.25, 0.3) is 0 Å². The topological polar surface area (TPSA) is 59.1 Å². The maximum absolute atomic E-state index is 12.8. The van der Waals surface area contributed by atoms with Gasteiger partial charge in [0.1, 0.15) is 11.5 Å². The lowest BCUT2D eigenvalue weighted by Crippen LogP contribution is -2.41. The summed E-state index contributed by atoms with van der Waals surface area (Å²) in [5.74, 6) is 1.63. The molecule has 6 nitrogen and oxygen atoms in total. The molecule has 2 aromatic rings. The van der Waals surface area contributed by atoms with Gasteiger partial charge in [0.2, 0.25) is 10.0 Å². The molecule has 32 heavy (non-hydrogen) atoms. The Balaban J connectivity index is 1.29. The lowest BCUT2D eigenvalue weighted by atomic mass is 9.82. The number of nitrogens with zero attached hydrogens (tertiary/aromatic N) is 2. The van der Waals surface area contributed by atoms with Crippen molar-refractivity contribution >= 4 is 21.6 Å². The summed E-state index contributed by atoms with van der Waals surface area (Å²) < 4.78 is 38.4. The van der Waals surface area contributed by atoms with E-state index in [1.165, 1.54) is 17.1 Å². The second-order valence-electron chi connectivity index (χ2n) is 8.75. The highest BCUT2D eigenvalue weighted by Gasteiger charge is 2.34. The highest BCUT2D eigenvalue weighted by molar-refractivity contribution is 7.89. The van der Waals surface area contributed by atoms with Crippen LogP contribution < -0.4 is 9.47 Å². The van der Waals surface area contributed by atoms with E-state index in [-0.39, 0.29) is 16.9 Å². The van der Waals surface area contributed by atoms with Gasteiger partial charge in [-0.05, 0) is 80.6 Å². The smallest absolute Gasteiger partial charge is 0.242 e. The monoisotopic (exact) mass is 478 g/mol. The van der Waals surface area contributed by atoms with Gasteiger partial charge in [-0.1, -0.05) is 23.7 Å². The van der Waals surface area contributed by atoms with Gasteiger partial charge in [0.05, 0.1) is 23.1 Å². The number of halogens is 1. The number of methoxy groups -OCH3 is 1. The maximum atomic E-state index is 12.8. The van der Waals surface area contributed by atoms with Crippen molar-refractivity contribution in [2.24, 2.45) is 5.92 Å². The zero-order chi connectivity index (χ0) is 22.7. The Morgan fingerprint density at radius 3 is 2.44 bits per heavy atom. The number of hydrogen-bond donors (Lipinski definition) is 0. The van der Waals surface area contributed by atoms with Gasteiger partial charge in [-0.15, -0.1) is 0 Å². The van der Waals surface area contributed by atoms with Crippen LogP contribution >= 0.6 is 11.6 Å². The Morgan fingerprint density at radius 2 is 1.78 bits per heavy atom. The molecule has 0 unspecified atom stereocenters. The average molecular weight is 479 g/mol. The third-order valence-electron chi connectivity index (χ3n) is 6.40. The van der Waals surface area contributed by atoms with Gasteiger partial charge in [-0.3, -0.25) is 4.90 Å². The predicted molar refractivity (Wildman–Crippen MR) is 126 cm³/mol. The van der Waals surface area contributed by atoms with Crippen LogP contribution in [0.3, 0.4) is 0 Å². The molecule has 0 amide bonds. The van der Waals surface area contributed by atoms with Gasteiger partial charge >= 0.3 is 0 Å². The largest absolute Gasteiger partial charge is 0.497 e. The summed E-state index contributed by atoms with van der Waals surface area (Å²) >= 11 is 6.63. The summed E-state index contributed by atoms with van der Waals surface area (Å²) in [6.07, 6.45) is 4.20. The summed E-state index contributed by atoms with van der Waals surface area (Å²) in [6.45, 7) is 3.58. The molecule has 0 radical (unpaired) electrons. The molecule has 174 valence electrons. The van der Waals surface area contributed by atoms with E-state index in [4.69, 9.17) is 21.1 Å². The van der Waals surface area contributed by atoms with Gasteiger partial charge in [0.15, 0.2) is 0 Å². The molecule has 1 heterocycles. The number of benzene rings is 2. The van der Waals surface area contributed by atoms with Crippen LogP contribution in [0.2, 0.25) is 5.02 Å². The van der Waals surface area contributed by atoms with E-state index in [0.717, 1.165) is 43.8 Å². The lowest BCUT2D eigenvalue weighted by Gasteiger charge is -2.37. The standard InChI is InChI=1S/C24H31ClN2O4S/c1-26(32(28,29)22-10-8-20(30-2)9-11-22)16-18-14-21(15-18)31-23-7-5-6-19(24(23)25)17-27-12-3-4-13-27/h5-11,18,21H,3-4,12-17H2,1-2H3. The van der Waals surface area contributed by atoms with Gasteiger partial charge < -0.3 is 9.47 Å². The van der Waals surface area contributed by atoms with Crippen LogP contribution in [-0.4, -0.2) is 57.5 Å². The second-order valence-corrected chi connectivity index (χ2v) is 11.2. The molecule has 2 aromatic carbocycles. The number of likely N-dealkylation sites (tertiary alicyclic amines) is 1. The first-order chi connectivity index (χ1) is 15.4. The molecule has 1 aliphatic carbocycles.